The Morgan fingerprint density at radius 3 is 2.60 bits per heavy atom. The molecule has 15 heavy (non-hydrogen) atoms. The van der Waals surface area contributed by atoms with Crippen molar-refractivity contribution in [1.29, 1.82) is 0 Å². The summed E-state index contributed by atoms with van der Waals surface area (Å²) < 4.78 is 12.9. The Balaban J connectivity index is 2.97. The fourth-order valence-electron chi connectivity index (χ4n) is 1.19. The van der Waals surface area contributed by atoms with Crippen LogP contribution < -0.4 is 9.47 Å². The summed E-state index contributed by atoms with van der Waals surface area (Å²) >= 11 is -0.251. The van der Waals surface area contributed by atoms with Crippen molar-refractivity contribution in [1.82, 2.24) is 0 Å². The van der Waals surface area contributed by atoms with Gasteiger partial charge in [0.25, 0.3) is 0 Å². The zero-order valence-electron chi connectivity index (χ0n) is 8.77. The Kier molecular flexibility index (Phi) is 5.89. The zero-order valence-corrected chi connectivity index (χ0v) is 11.3. The van der Waals surface area contributed by atoms with Crippen LogP contribution in [0.2, 0.25) is 0 Å². The van der Waals surface area contributed by atoms with E-state index >= 15 is 0 Å². The molecule has 0 saturated heterocycles. The molecule has 0 radical (unpaired) electrons. The standard InChI is InChI=1S/C11H14O2.ClH.Ru/c1-4-12-10-6-7-11(13-5-2)9(3)8-10;;/h3,6-8H,4-5H2,1-2H3;1H;/q;;+1/p-1. The quantitative estimate of drug-likeness (QED) is 0.778. The molecule has 85 valence electrons. The summed E-state index contributed by atoms with van der Waals surface area (Å²) in [6, 6.07) is 5.80. The van der Waals surface area contributed by atoms with Gasteiger partial charge in [-0.05, 0) is 0 Å². The van der Waals surface area contributed by atoms with Crippen LogP contribution in [-0.4, -0.2) is 17.8 Å². The van der Waals surface area contributed by atoms with Gasteiger partial charge in [-0.15, -0.1) is 0 Å². The Labute approximate surface area is 102 Å². The SMILES string of the molecule is CCOc1ccc(OCC)c([CH]=[Ru][Cl])c1. The van der Waals surface area contributed by atoms with E-state index in [0.29, 0.717) is 13.2 Å². The van der Waals surface area contributed by atoms with E-state index in [1.807, 2.05) is 36.7 Å². The second kappa shape index (κ2) is 6.97. The summed E-state index contributed by atoms with van der Waals surface area (Å²) in [5.41, 5.74) is 1.02. The maximum atomic E-state index is 5.78. The molecule has 0 N–H and O–H groups in total. The van der Waals surface area contributed by atoms with Crippen LogP contribution in [0.4, 0.5) is 0 Å². The van der Waals surface area contributed by atoms with E-state index in [0.717, 1.165) is 17.1 Å². The fourth-order valence-corrected chi connectivity index (χ4v) is 2.28. The molecule has 2 nitrogen and oxygen atoms in total. The Morgan fingerprint density at radius 1 is 1.27 bits per heavy atom. The molecule has 0 atom stereocenters. The molecular formula is C11H14ClO2Ru. The van der Waals surface area contributed by atoms with E-state index in [-0.39, 0.29) is 15.7 Å². The van der Waals surface area contributed by atoms with Gasteiger partial charge in [0, 0.05) is 0 Å². The fraction of sp³-hybridized carbons (Fsp3) is 0.364. The number of benzene rings is 1. The van der Waals surface area contributed by atoms with Gasteiger partial charge in [0.05, 0.1) is 0 Å². The van der Waals surface area contributed by atoms with Gasteiger partial charge in [-0.2, -0.15) is 0 Å². The molecule has 0 spiro atoms. The van der Waals surface area contributed by atoms with Gasteiger partial charge < -0.3 is 0 Å². The Bertz CT molecular complexity index is 339. The van der Waals surface area contributed by atoms with Crippen LogP contribution in [0.25, 0.3) is 0 Å². The van der Waals surface area contributed by atoms with Gasteiger partial charge in [-0.25, -0.2) is 0 Å². The van der Waals surface area contributed by atoms with Crippen molar-refractivity contribution in [3.8, 4) is 11.5 Å². The first-order chi connectivity index (χ1) is 7.31. The molecule has 1 aromatic carbocycles. The minimum atomic E-state index is -0.251. The molecule has 0 fully saturated rings. The summed E-state index contributed by atoms with van der Waals surface area (Å²) in [5.74, 6) is 1.73. The monoisotopic (exact) mass is 315 g/mol. The van der Waals surface area contributed by atoms with Crippen molar-refractivity contribution < 1.29 is 25.2 Å². The number of hydrogen-bond acceptors (Lipinski definition) is 2. The van der Waals surface area contributed by atoms with Gasteiger partial charge >= 0.3 is 102 Å². The summed E-state index contributed by atoms with van der Waals surface area (Å²) in [6.45, 7) is 5.26. The van der Waals surface area contributed by atoms with Gasteiger partial charge in [-0.3, -0.25) is 0 Å². The molecule has 0 aliphatic rings. The van der Waals surface area contributed by atoms with Crippen LogP contribution in [-0.2, 0) is 15.7 Å². The van der Waals surface area contributed by atoms with Crippen LogP contribution >= 0.6 is 9.69 Å². The zero-order chi connectivity index (χ0) is 11.1. The van der Waals surface area contributed by atoms with Crippen molar-refractivity contribution in [3.63, 3.8) is 0 Å². The van der Waals surface area contributed by atoms with Gasteiger partial charge in [0.15, 0.2) is 0 Å². The third kappa shape index (κ3) is 3.92. The van der Waals surface area contributed by atoms with Gasteiger partial charge in [-0.1, -0.05) is 0 Å². The molecule has 4 heteroatoms. The molecule has 0 saturated carbocycles. The van der Waals surface area contributed by atoms with E-state index in [9.17, 15) is 0 Å². The third-order valence-corrected chi connectivity index (χ3v) is 2.93. The first kappa shape index (κ1) is 12.7. The van der Waals surface area contributed by atoms with Crippen LogP contribution in [0.5, 0.6) is 11.5 Å². The first-order valence-electron chi connectivity index (χ1n) is 4.76. The van der Waals surface area contributed by atoms with Crippen LogP contribution in [0.3, 0.4) is 0 Å². The summed E-state index contributed by atoms with van der Waals surface area (Å²) in [6.07, 6.45) is 0. The predicted molar refractivity (Wildman–Crippen MR) is 59.8 cm³/mol. The average Bonchev–Trinajstić information content (AvgIpc) is 2.23. The summed E-state index contributed by atoms with van der Waals surface area (Å²) in [5, 5.41) is 0. The molecule has 0 aliphatic heterocycles. The molecule has 0 bridgehead atoms. The number of ether oxygens (including phenoxy) is 2. The van der Waals surface area contributed by atoms with Gasteiger partial charge in [0.2, 0.25) is 0 Å². The second-order valence-electron chi connectivity index (χ2n) is 2.74. The Hall–Kier alpha value is -0.397. The minimum absolute atomic E-state index is 0.251. The summed E-state index contributed by atoms with van der Waals surface area (Å²) in [4.78, 5) is 0. The first-order valence-corrected chi connectivity index (χ1v) is 8.01. The molecule has 0 aromatic heterocycles. The van der Waals surface area contributed by atoms with Crippen molar-refractivity contribution in [2.45, 2.75) is 13.8 Å². The average molecular weight is 315 g/mol. The predicted octanol–water partition coefficient (Wildman–Crippen LogP) is 2.87. The number of hydrogen-bond donors (Lipinski definition) is 0. The maximum absolute atomic E-state index is 5.78. The van der Waals surface area contributed by atoms with Crippen molar-refractivity contribution >= 4 is 14.3 Å². The topological polar surface area (TPSA) is 18.5 Å². The van der Waals surface area contributed by atoms with Crippen molar-refractivity contribution in [3.05, 3.63) is 23.8 Å². The van der Waals surface area contributed by atoms with E-state index in [2.05, 4.69) is 0 Å². The van der Waals surface area contributed by atoms with E-state index in [1.165, 1.54) is 0 Å². The number of rotatable bonds is 5. The normalized spacial score (nSPS) is 11.1. The van der Waals surface area contributed by atoms with Gasteiger partial charge in [0.1, 0.15) is 0 Å². The van der Waals surface area contributed by atoms with Crippen molar-refractivity contribution in [2.24, 2.45) is 0 Å². The molecule has 0 heterocycles. The molecule has 0 amide bonds. The summed E-state index contributed by atoms with van der Waals surface area (Å²) in [7, 11) is 5.78. The molecule has 1 aromatic rings. The van der Waals surface area contributed by atoms with Crippen LogP contribution in [0, 0.1) is 0 Å². The Morgan fingerprint density at radius 2 is 2.00 bits per heavy atom. The number of halogens is 1. The van der Waals surface area contributed by atoms with E-state index in [4.69, 9.17) is 19.2 Å². The third-order valence-electron chi connectivity index (χ3n) is 1.74. The molecule has 0 unspecified atom stereocenters. The van der Waals surface area contributed by atoms with Crippen LogP contribution in [0.1, 0.15) is 19.4 Å². The molecule has 1 rings (SSSR count). The second-order valence-corrected chi connectivity index (χ2v) is 4.54. The van der Waals surface area contributed by atoms with Crippen LogP contribution in [0.15, 0.2) is 18.2 Å². The van der Waals surface area contributed by atoms with E-state index in [1.54, 1.807) is 0 Å². The molecule has 0 aliphatic carbocycles. The van der Waals surface area contributed by atoms with Crippen molar-refractivity contribution in [2.75, 3.05) is 13.2 Å². The van der Waals surface area contributed by atoms with E-state index < -0.39 is 0 Å². The molecular weight excluding hydrogens is 301 g/mol.